The quantitative estimate of drug-likeness (QED) is 0.881. The third-order valence-corrected chi connectivity index (χ3v) is 5.62. The lowest BCUT2D eigenvalue weighted by Crippen LogP contribution is -2.44. The van der Waals surface area contributed by atoms with Crippen molar-refractivity contribution in [2.24, 2.45) is 0 Å². The molecule has 1 aromatic heterocycles. The molecule has 1 N–H and O–H groups in total. The monoisotopic (exact) mass is 356 g/mol. The van der Waals surface area contributed by atoms with E-state index in [1.807, 2.05) is 6.07 Å². The van der Waals surface area contributed by atoms with E-state index in [0.29, 0.717) is 11.6 Å². The molecule has 2 heterocycles. The second kappa shape index (κ2) is 6.72. The number of hydrogen-bond acceptors (Lipinski definition) is 6. The van der Waals surface area contributed by atoms with Gasteiger partial charge in [0, 0.05) is 42.4 Å². The van der Waals surface area contributed by atoms with Gasteiger partial charge in [0.25, 0.3) is 0 Å². The fourth-order valence-corrected chi connectivity index (χ4v) is 3.93. The molecule has 0 atom stereocenters. The van der Waals surface area contributed by atoms with Crippen LogP contribution < -0.4 is 9.64 Å². The molecule has 0 amide bonds. The Hall–Kier alpha value is -2.41. The topological polar surface area (TPSA) is 78.8 Å². The number of rotatable bonds is 5. The number of hydrogen-bond donors (Lipinski definition) is 1. The van der Waals surface area contributed by atoms with E-state index in [0.717, 1.165) is 43.0 Å². The van der Waals surface area contributed by atoms with Gasteiger partial charge in [-0.05, 0) is 44.9 Å². The Morgan fingerprint density at radius 3 is 2.54 bits per heavy atom. The first-order chi connectivity index (χ1) is 12.6. The first kappa shape index (κ1) is 17.0. The molecule has 0 spiro atoms. The van der Waals surface area contributed by atoms with Crippen LogP contribution in [0.1, 0.15) is 36.0 Å². The third-order valence-electron chi connectivity index (χ3n) is 5.62. The summed E-state index contributed by atoms with van der Waals surface area (Å²) in [5, 5.41) is 10.2. The second-order valence-corrected chi connectivity index (χ2v) is 7.17. The summed E-state index contributed by atoms with van der Waals surface area (Å²) in [7, 11) is 3.72. The van der Waals surface area contributed by atoms with Gasteiger partial charge in [-0.25, -0.2) is 9.78 Å². The minimum atomic E-state index is -0.993. The van der Waals surface area contributed by atoms with Crippen LogP contribution >= 0.6 is 0 Å². The normalized spacial score (nSPS) is 18.5. The highest BCUT2D eigenvalue weighted by molar-refractivity contribution is 6.05. The molecule has 0 unspecified atom stereocenters. The van der Waals surface area contributed by atoms with Crippen LogP contribution in [0, 0.1) is 0 Å². The van der Waals surface area contributed by atoms with Gasteiger partial charge < -0.3 is 19.6 Å². The number of piperidine rings is 1. The van der Waals surface area contributed by atoms with Crippen molar-refractivity contribution in [3.05, 3.63) is 23.9 Å². The molecule has 2 fully saturated rings. The molecule has 2 aromatic rings. The Morgan fingerprint density at radius 2 is 1.92 bits per heavy atom. The van der Waals surface area contributed by atoms with Gasteiger partial charge in [-0.15, -0.1) is 0 Å². The lowest BCUT2D eigenvalue weighted by atomic mass is 10.0. The highest BCUT2D eigenvalue weighted by Gasteiger charge is 2.33. The average molecular weight is 356 g/mol. The fourth-order valence-electron chi connectivity index (χ4n) is 3.93. The maximum atomic E-state index is 11.6. The Kier molecular flexibility index (Phi) is 4.40. The van der Waals surface area contributed by atoms with E-state index in [1.165, 1.54) is 20.0 Å². The van der Waals surface area contributed by atoms with Crippen LogP contribution in [0.5, 0.6) is 6.01 Å². The number of anilines is 1. The number of carbonyl (C=O) groups is 1. The lowest BCUT2D eigenvalue weighted by Gasteiger charge is -2.38. The van der Waals surface area contributed by atoms with Gasteiger partial charge in [0.1, 0.15) is 0 Å². The van der Waals surface area contributed by atoms with Crippen molar-refractivity contribution in [3.63, 3.8) is 0 Å². The molecule has 138 valence electrons. The summed E-state index contributed by atoms with van der Waals surface area (Å²) in [5.41, 5.74) is 1.60. The predicted molar refractivity (Wildman–Crippen MR) is 99.1 cm³/mol. The molecular formula is C19H24N4O3. The molecule has 7 heteroatoms. The van der Waals surface area contributed by atoms with Crippen molar-refractivity contribution >= 4 is 22.6 Å². The zero-order valence-electron chi connectivity index (χ0n) is 15.2. The van der Waals surface area contributed by atoms with E-state index in [2.05, 4.69) is 26.8 Å². The Balaban J connectivity index is 1.62. The Morgan fingerprint density at radius 1 is 1.23 bits per heavy atom. The van der Waals surface area contributed by atoms with E-state index >= 15 is 0 Å². The highest BCUT2D eigenvalue weighted by Crippen LogP contribution is 2.34. The summed E-state index contributed by atoms with van der Waals surface area (Å²) in [5.74, 6) is -0.993. The van der Waals surface area contributed by atoms with Crippen molar-refractivity contribution in [1.82, 2.24) is 14.9 Å². The predicted octanol–water partition coefficient (Wildman–Crippen LogP) is 2.40. The van der Waals surface area contributed by atoms with Crippen molar-refractivity contribution in [3.8, 4) is 6.01 Å². The molecular weight excluding hydrogens is 332 g/mol. The van der Waals surface area contributed by atoms with E-state index in [4.69, 9.17) is 4.74 Å². The van der Waals surface area contributed by atoms with Crippen LogP contribution in [-0.2, 0) is 0 Å². The van der Waals surface area contributed by atoms with E-state index in [-0.39, 0.29) is 11.6 Å². The third kappa shape index (κ3) is 3.07. The number of methoxy groups -OCH3 is 1. The first-order valence-corrected chi connectivity index (χ1v) is 9.12. The number of carboxylic acid groups (broad SMARTS) is 1. The fraction of sp³-hybridized carbons (Fsp3) is 0.526. The van der Waals surface area contributed by atoms with Crippen molar-refractivity contribution in [2.75, 3.05) is 32.1 Å². The van der Waals surface area contributed by atoms with Crippen molar-refractivity contribution < 1.29 is 14.6 Å². The number of nitrogens with zero attached hydrogens (tertiary/aromatic N) is 4. The number of fused-ring (bicyclic) bond motifs is 1. The van der Waals surface area contributed by atoms with Gasteiger partial charge in [0.05, 0.1) is 18.2 Å². The molecule has 1 aliphatic heterocycles. The SMILES string of the molecule is COc1ncc2c(N3CCC(N(C)C4CC4)CC3)ccc(C(=O)O)c2n1. The number of benzene rings is 1. The molecule has 1 aliphatic carbocycles. The maximum Gasteiger partial charge on any atom is 0.337 e. The van der Waals surface area contributed by atoms with Gasteiger partial charge in [-0.3, -0.25) is 0 Å². The van der Waals surface area contributed by atoms with E-state index in [1.54, 1.807) is 12.3 Å². The second-order valence-electron chi connectivity index (χ2n) is 7.17. The molecule has 7 nitrogen and oxygen atoms in total. The highest BCUT2D eigenvalue weighted by atomic mass is 16.5. The number of aromatic nitrogens is 2. The zero-order chi connectivity index (χ0) is 18.3. The molecule has 0 bridgehead atoms. The lowest BCUT2D eigenvalue weighted by molar-refractivity contribution is 0.0699. The van der Waals surface area contributed by atoms with Gasteiger partial charge in [0.2, 0.25) is 0 Å². The van der Waals surface area contributed by atoms with E-state index < -0.39 is 5.97 Å². The Bertz CT molecular complexity index is 829. The van der Waals surface area contributed by atoms with Crippen molar-refractivity contribution in [1.29, 1.82) is 0 Å². The van der Waals surface area contributed by atoms with Crippen LogP contribution in [0.2, 0.25) is 0 Å². The summed E-state index contributed by atoms with van der Waals surface area (Å²) in [6, 6.07) is 5.12. The Labute approximate surface area is 152 Å². The van der Waals surface area contributed by atoms with Crippen molar-refractivity contribution in [2.45, 2.75) is 37.8 Å². The summed E-state index contributed by atoms with van der Waals surface area (Å²) < 4.78 is 5.08. The van der Waals surface area contributed by atoms with Gasteiger partial charge in [-0.1, -0.05) is 0 Å². The van der Waals surface area contributed by atoms with E-state index in [9.17, 15) is 9.90 Å². The number of carboxylic acids is 1. The zero-order valence-corrected chi connectivity index (χ0v) is 15.2. The number of aromatic carboxylic acids is 1. The summed E-state index contributed by atoms with van der Waals surface area (Å²) >= 11 is 0. The molecule has 1 aromatic carbocycles. The smallest absolute Gasteiger partial charge is 0.337 e. The minimum absolute atomic E-state index is 0.174. The number of ether oxygens (including phenoxy) is 1. The summed E-state index contributed by atoms with van der Waals surface area (Å²) in [6.07, 6.45) is 6.57. The standard InChI is InChI=1S/C19H24N4O3/c1-22(12-3-4-12)13-7-9-23(10-8-13)16-6-5-14(18(24)25)17-15(16)11-20-19(21-17)26-2/h5-6,11-13H,3-4,7-10H2,1-2H3,(H,24,25). The molecule has 2 aliphatic rings. The maximum absolute atomic E-state index is 11.6. The van der Waals surface area contributed by atoms with Crippen LogP contribution in [0.4, 0.5) is 5.69 Å². The van der Waals surface area contributed by atoms with Gasteiger partial charge in [-0.2, -0.15) is 4.98 Å². The minimum Gasteiger partial charge on any atom is -0.478 e. The largest absolute Gasteiger partial charge is 0.478 e. The van der Waals surface area contributed by atoms with Crippen LogP contribution in [0.3, 0.4) is 0 Å². The first-order valence-electron chi connectivity index (χ1n) is 9.12. The summed E-state index contributed by atoms with van der Waals surface area (Å²) in [6.45, 7) is 1.91. The molecule has 4 rings (SSSR count). The van der Waals surface area contributed by atoms with Crippen LogP contribution in [0.15, 0.2) is 18.3 Å². The van der Waals surface area contributed by atoms with Gasteiger partial charge in [0.15, 0.2) is 0 Å². The van der Waals surface area contributed by atoms with Crippen LogP contribution in [-0.4, -0.2) is 65.3 Å². The van der Waals surface area contributed by atoms with Crippen LogP contribution in [0.25, 0.3) is 10.9 Å². The molecule has 1 saturated carbocycles. The molecule has 0 radical (unpaired) electrons. The average Bonchev–Trinajstić information content (AvgIpc) is 3.51. The van der Waals surface area contributed by atoms with Gasteiger partial charge >= 0.3 is 12.0 Å². The molecule has 1 saturated heterocycles. The summed E-state index contributed by atoms with van der Waals surface area (Å²) in [4.78, 5) is 24.9. The molecule has 26 heavy (non-hydrogen) atoms.